The lowest BCUT2D eigenvalue weighted by molar-refractivity contribution is -0.121. The van der Waals surface area contributed by atoms with E-state index in [2.05, 4.69) is 5.32 Å². The Kier molecular flexibility index (Phi) is 5.65. The average molecular weight is 278 g/mol. The zero-order valence-electron chi connectivity index (χ0n) is 12.4. The first-order chi connectivity index (χ1) is 9.74. The number of amides is 1. The molecule has 1 N–H and O–H groups in total. The molecule has 0 spiro atoms. The highest BCUT2D eigenvalue weighted by Gasteiger charge is 2.33. The highest BCUT2D eigenvalue weighted by molar-refractivity contribution is 5.75. The first kappa shape index (κ1) is 15.1. The first-order valence-electron chi connectivity index (χ1n) is 7.60. The number of ether oxygens (including phenoxy) is 1. The molecule has 2 rings (SSSR count). The lowest BCUT2D eigenvalue weighted by Crippen LogP contribution is -2.32. The van der Waals surface area contributed by atoms with E-state index in [1.807, 2.05) is 29.1 Å². The normalized spacial score (nSPS) is 17.2. The molecule has 0 aromatic carbocycles. The molecule has 0 bridgehead atoms. The van der Waals surface area contributed by atoms with Crippen molar-refractivity contribution in [2.24, 2.45) is 5.41 Å². The molecule has 0 radical (unpaired) electrons. The Morgan fingerprint density at radius 1 is 1.30 bits per heavy atom. The van der Waals surface area contributed by atoms with Crippen molar-refractivity contribution in [3.05, 3.63) is 24.5 Å². The van der Waals surface area contributed by atoms with Gasteiger partial charge in [-0.3, -0.25) is 4.79 Å². The molecular weight excluding hydrogens is 252 g/mol. The van der Waals surface area contributed by atoms with Crippen molar-refractivity contribution in [3.63, 3.8) is 0 Å². The third-order valence-corrected chi connectivity index (χ3v) is 4.36. The topological polar surface area (TPSA) is 43.3 Å². The lowest BCUT2D eigenvalue weighted by atomic mass is 9.83. The fraction of sp³-hybridized carbons (Fsp3) is 0.688. The maximum Gasteiger partial charge on any atom is 0.221 e. The number of rotatable bonds is 8. The minimum absolute atomic E-state index is 0.143. The molecule has 1 aliphatic rings. The lowest BCUT2D eigenvalue weighted by Gasteiger charge is -2.28. The summed E-state index contributed by atoms with van der Waals surface area (Å²) in [5, 5.41) is 3.05. The quantitative estimate of drug-likeness (QED) is 0.794. The van der Waals surface area contributed by atoms with Crippen LogP contribution in [0.3, 0.4) is 0 Å². The van der Waals surface area contributed by atoms with Crippen LogP contribution >= 0.6 is 0 Å². The van der Waals surface area contributed by atoms with E-state index in [-0.39, 0.29) is 5.91 Å². The van der Waals surface area contributed by atoms with Gasteiger partial charge in [-0.1, -0.05) is 12.8 Å². The van der Waals surface area contributed by atoms with Crippen molar-refractivity contribution in [2.75, 3.05) is 20.3 Å². The summed E-state index contributed by atoms with van der Waals surface area (Å²) < 4.78 is 7.40. The molecule has 0 unspecified atom stereocenters. The number of hydrogen-bond donors (Lipinski definition) is 1. The molecule has 112 valence electrons. The Balaban J connectivity index is 1.65. The fourth-order valence-corrected chi connectivity index (χ4v) is 3.20. The molecule has 0 aliphatic heterocycles. The molecule has 1 aromatic rings. The molecule has 1 aliphatic carbocycles. The SMILES string of the molecule is COCC1(CCNC(=O)CCn2cccc2)CCCC1. The summed E-state index contributed by atoms with van der Waals surface area (Å²) in [5.41, 5.74) is 0.308. The van der Waals surface area contributed by atoms with Crippen molar-refractivity contribution >= 4 is 5.91 Å². The van der Waals surface area contributed by atoms with Crippen LogP contribution in [0.2, 0.25) is 0 Å². The van der Waals surface area contributed by atoms with E-state index in [0.29, 0.717) is 11.8 Å². The fourth-order valence-electron chi connectivity index (χ4n) is 3.20. The Bertz CT molecular complexity index is 395. The van der Waals surface area contributed by atoms with Crippen molar-refractivity contribution in [3.8, 4) is 0 Å². The van der Waals surface area contributed by atoms with Gasteiger partial charge in [0.1, 0.15) is 0 Å². The summed E-state index contributed by atoms with van der Waals surface area (Å²) in [4.78, 5) is 11.8. The first-order valence-corrected chi connectivity index (χ1v) is 7.60. The van der Waals surface area contributed by atoms with Gasteiger partial charge in [-0.2, -0.15) is 0 Å². The zero-order valence-corrected chi connectivity index (χ0v) is 12.4. The van der Waals surface area contributed by atoms with Crippen LogP contribution in [0.1, 0.15) is 38.5 Å². The molecule has 1 heterocycles. The predicted molar refractivity (Wildman–Crippen MR) is 79.5 cm³/mol. The maximum atomic E-state index is 11.8. The van der Waals surface area contributed by atoms with Gasteiger partial charge >= 0.3 is 0 Å². The van der Waals surface area contributed by atoms with Crippen LogP contribution in [0.4, 0.5) is 0 Å². The maximum absolute atomic E-state index is 11.8. The number of nitrogens with one attached hydrogen (secondary N) is 1. The molecule has 4 heteroatoms. The van der Waals surface area contributed by atoms with Gasteiger partial charge in [0.05, 0.1) is 6.61 Å². The second kappa shape index (κ2) is 7.48. The van der Waals surface area contributed by atoms with Gasteiger partial charge in [-0.05, 0) is 36.8 Å². The summed E-state index contributed by atoms with van der Waals surface area (Å²) in [5.74, 6) is 0.143. The standard InChI is InChI=1S/C16H26N2O2/c1-20-14-16(7-2-3-8-16)9-10-17-15(19)6-13-18-11-4-5-12-18/h4-5,11-12H,2-3,6-10,13-14H2,1H3,(H,17,19). The molecule has 0 saturated heterocycles. The molecule has 0 atom stereocenters. The smallest absolute Gasteiger partial charge is 0.221 e. The third-order valence-electron chi connectivity index (χ3n) is 4.36. The number of aromatic nitrogens is 1. The Hall–Kier alpha value is -1.29. The highest BCUT2D eigenvalue weighted by Crippen LogP contribution is 2.40. The second-order valence-corrected chi connectivity index (χ2v) is 5.91. The van der Waals surface area contributed by atoms with Gasteiger partial charge in [0.25, 0.3) is 0 Å². The number of carbonyl (C=O) groups is 1. The van der Waals surface area contributed by atoms with Crippen molar-refractivity contribution in [1.82, 2.24) is 9.88 Å². The van der Waals surface area contributed by atoms with E-state index in [1.54, 1.807) is 7.11 Å². The van der Waals surface area contributed by atoms with Gasteiger partial charge in [0.15, 0.2) is 0 Å². The number of hydrogen-bond acceptors (Lipinski definition) is 2. The van der Waals surface area contributed by atoms with Gasteiger partial charge in [-0.15, -0.1) is 0 Å². The van der Waals surface area contributed by atoms with E-state index in [4.69, 9.17) is 4.74 Å². The number of aryl methyl sites for hydroxylation is 1. The molecule has 1 saturated carbocycles. The molecular formula is C16H26N2O2. The summed E-state index contributed by atoms with van der Waals surface area (Å²) in [6, 6.07) is 3.96. The molecule has 1 aromatic heterocycles. The Morgan fingerprint density at radius 3 is 2.65 bits per heavy atom. The monoisotopic (exact) mass is 278 g/mol. The summed E-state index contributed by atoms with van der Waals surface area (Å²) in [6.07, 6.45) is 10.6. The van der Waals surface area contributed by atoms with Gasteiger partial charge in [-0.25, -0.2) is 0 Å². The highest BCUT2D eigenvalue weighted by atomic mass is 16.5. The second-order valence-electron chi connectivity index (χ2n) is 5.91. The van der Waals surface area contributed by atoms with E-state index in [0.717, 1.165) is 26.1 Å². The van der Waals surface area contributed by atoms with Crippen LogP contribution in [-0.2, 0) is 16.1 Å². The molecule has 1 amide bonds. The van der Waals surface area contributed by atoms with Crippen molar-refractivity contribution < 1.29 is 9.53 Å². The Morgan fingerprint density at radius 2 is 2.00 bits per heavy atom. The van der Waals surface area contributed by atoms with Gasteiger partial charge in [0.2, 0.25) is 5.91 Å². The number of methoxy groups -OCH3 is 1. The average Bonchev–Trinajstić information content (AvgIpc) is 3.09. The van der Waals surface area contributed by atoms with Crippen LogP contribution in [-0.4, -0.2) is 30.7 Å². The third kappa shape index (κ3) is 4.37. The van der Waals surface area contributed by atoms with Crippen LogP contribution in [0, 0.1) is 5.41 Å². The van der Waals surface area contributed by atoms with E-state index in [1.165, 1.54) is 25.7 Å². The van der Waals surface area contributed by atoms with E-state index in [9.17, 15) is 4.79 Å². The largest absolute Gasteiger partial charge is 0.384 e. The van der Waals surface area contributed by atoms with Crippen molar-refractivity contribution in [2.45, 2.75) is 45.1 Å². The van der Waals surface area contributed by atoms with Gasteiger partial charge in [0, 0.05) is 39.0 Å². The van der Waals surface area contributed by atoms with E-state index < -0.39 is 0 Å². The van der Waals surface area contributed by atoms with Crippen LogP contribution < -0.4 is 5.32 Å². The molecule has 20 heavy (non-hydrogen) atoms. The van der Waals surface area contributed by atoms with Gasteiger partial charge < -0.3 is 14.6 Å². The Labute approximate surface area is 121 Å². The summed E-state index contributed by atoms with van der Waals surface area (Å²) in [7, 11) is 1.77. The molecule has 1 fully saturated rings. The van der Waals surface area contributed by atoms with Crippen LogP contribution in [0.15, 0.2) is 24.5 Å². The van der Waals surface area contributed by atoms with Crippen molar-refractivity contribution in [1.29, 1.82) is 0 Å². The summed E-state index contributed by atoms with van der Waals surface area (Å²) in [6.45, 7) is 2.35. The molecule has 4 nitrogen and oxygen atoms in total. The van der Waals surface area contributed by atoms with Crippen LogP contribution in [0.5, 0.6) is 0 Å². The van der Waals surface area contributed by atoms with E-state index >= 15 is 0 Å². The minimum atomic E-state index is 0.143. The zero-order chi connectivity index (χ0) is 14.3. The predicted octanol–water partition coefficient (Wildman–Crippen LogP) is 2.59. The summed E-state index contributed by atoms with van der Waals surface area (Å²) >= 11 is 0. The minimum Gasteiger partial charge on any atom is -0.384 e. The van der Waals surface area contributed by atoms with Crippen LogP contribution in [0.25, 0.3) is 0 Å². The number of nitrogens with zero attached hydrogens (tertiary/aromatic N) is 1. The number of carbonyl (C=O) groups excluding carboxylic acids is 1.